The number of aliphatic hydroxyl groups is 1. The first-order valence-electron chi connectivity index (χ1n) is 6.21. The molecule has 1 N–H and O–H groups in total. The third-order valence-electron chi connectivity index (χ3n) is 3.11. The van der Waals surface area contributed by atoms with Crippen molar-refractivity contribution in [2.24, 2.45) is 0 Å². The van der Waals surface area contributed by atoms with Crippen molar-refractivity contribution in [2.75, 3.05) is 23.7 Å². The molecule has 0 bridgehead atoms. The lowest BCUT2D eigenvalue weighted by molar-refractivity contribution is 0.169. The third-order valence-corrected chi connectivity index (χ3v) is 4.24. The minimum atomic E-state index is -0.431. The zero-order valence-electron chi connectivity index (χ0n) is 10.5. The number of nitrogens with zero attached hydrogens (tertiary/aromatic N) is 2. The summed E-state index contributed by atoms with van der Waals surface area (Å²) in [5.41, 5.74) is 1.94. The van der Waals surface area contributed by atoms with Gasteiger partial charge in [0.15, 0.2) is 0 Å². The van der Waals surface area contributed by atoms with E-state index >= 15 is 0 Å². The molecule has 1 aromatic heterocycles. The number of thioether (sulfide) groups is 1. The molecule has 17 heavy (non-hydrogen) atoms. The Morgan fingerprint density at radius 2 is 2.41 bits per heavy atom. The van der Waals surface area contributed by atoms with Crippen LogP contribution in [0, 0.1) is 0 Å². The van der Waals surface area contributed by atoms with Crippen LogP contribution in [0.5, 0.6) is 0 Å². The van der Waals surface area contributed by atoms with Crippen molar-refractivity contribution in [1.29, 1.82) is 0 Å². The first kappa shape index (κ1) is 12.7. The van der Waals surface area contributed by atoms with Crippen molar-refractivity contribution in [3.63, 3.8) is 0 Å². The van der Waals surface area contributed by atoms with E-state index in [2.05, 4.69) is 22.9 Å². The maximum atomic E-state index is 9.69. The second-order valence-electron chi connectivity index (χ2n) is 4.49. The molecule has 94 valence electrons. The average molecular weight is 252 g/mol. The second kappa shape index (κ2) is 5.74. The Morgan fingerprint density at radius 1 is 1.59 bits per heavy atom. The Labute approximate surface area is 107 Å². The maximum absolute atomic E-state index is 9.69. The number of pyridine rings is 1. The molecule has 2 unspecified atom stereocenters. The fourth-order valence-electron chi connectivity index (χ4n) is 2.04. The van der Waals surface area contributed by atoms with Gasteiger partial charge in [-0.15, -0.1) is 0 Å². The molecule has 0 saturated carbocycles. The predicted octanol–water partition coefficient (Wildman–Crippen LogP) is 2.47. The van der Waals surface area contributed by atoms with Gasteiger partial charge in [-0.2, -0.15) is 11.8 Å². The van der Waals surface area contributed by atoms with Gasteiger partial charge in [0.1, 0.15) is 0 Å². The van der Waals surface area contributed by atoms with Crippen molar-refractivity contribution in [3.8, 4) is 0 Å². The fourth-order valence-corrected chi connectivity index (χ4v) is 3.06. The summed E-state index contributed by atoms with van der Waals surface area (Å²) in [7, 11) is 0. The van der Waals surface area contributed by atoms with Crippen molar-refractivity contribution in [2.45, 2.75) is 31.6 Å². The lowest BCUT2D eigenvalue weighted by Gasteiger charge is -2.32. The maximum Gasteiger partial charge on any atom is 0.0957 e. The van der Waals surface area contributed by atoms with E-state index < -0.39 is 6.10 Å². The molecular formula is C13H20N2OS. The summed E-state index contributed by atoms with van der Waals surface area (Å²) >= 11 is 2.03. The molecule has 4 heteroatoms. The molecule has 1 aromatic rings. The Balaban J connectivity index is 2.06. The van der Waals surface area contributed by atoms with Gasteiger partial charge in [0.2, 0.25) is 0 Å². The molecule has 1 saturated heterocycles. The lowest BCUT2D eigenvalue weighted by atomic mass is 10.2. The summed E-state index contributed by atoms with van der Waals surface area (Å²) in [4.78, 5) is 6.72. The van der Waals surface area contributed by atoms with E-state index in [1.165, 1.54) is 11.4 Å². The molecule has 2 heterocycles. The number of hydrogen-bond acceptors (Lipinski definition) is 4. The number of aliphatic hydroxyl groups excluding tert-OH is 1. The minimum absolute atomic E-state index is 0.431. The van der Waals surface area contributed by atoms with Crippen molar-refractivity contribution in [1.82, 2.24) is 4.98 Å². The minimum Gasteiger partial charge on any atom is -0.387 e. The number of hydrogen-bond donors (Lipinski definition) is 1. The van der Waals surface area contributed by atoms with Crippen LogP contribution < -0.4 is 4.90 Å². The van der Waals surface area contributed by atoms with Crippen LogP contribution in [0.25, 0.3) is 0 Å². The van der Waals surface area contributed by atoms with Gasteiger partial charge in [-0.3, -0.25) is 4.98 Å². The summed E-state index contributed by atoms with van der Waals surface area (Å²) in [6.45, 7) is 6.40. The van der Waals surface area contributed by atoms with E-state index in [1.54, 1.807) is 0 Å². The zero-order valence-corrected chi connectivity index (χ0v) is 11.3. The van der Waals surface area contributed by atoms with Gasteiger partial charge >= 0.3 is 0 Å². The lowest BCUT2D eigenvalue weighted by Crippen LogP contribution is -2.36. The highest BCUT2D eigenvalue weighted by molar-refractivity contribution is 8.00. The first-order valence-corrected chi connectivity index (χ1v) is 7.26. The molecule has 1 aliphatic rings. The van der Waals surface area contributed by atoms with Crippen molar-refractivity contribution < 1.29 is 5.11 Å². The Kier molecular flexibility index (Phi) is 4.29. The summed E-state index contributed by atoms with van der Waals surface area (Å²) in [5, 5.41) is 10.4. The molecule has 0 spiro atoms. The molecule has 0 radical (unpaired) electrons. The monoisotopic (exact) mass is 252 g/mol. The molecule has 1 fully saturated rings. The summed E-state index contributed by atoms with van der Waals surface area (Å²) in [6.07, 6.45) is 2.17. The van der Waals surface area contributed by atoms with E-state index in [0.717, 1.165) is 18.8 Å². The van der Waals surface area contributed by atoms with Crippen LogP contribution in [0.15, 0.2) is 18.3 Å². The van der Waals surface area contributed by atoms with Gasteiger partial charge in [-0.05, 0) is 18.6 Å². The van der Waals surface area contributed by atoms with E-state index in [9.17, 15) is 5.11 Å². The molecule has 3 nitrogen and oxygen atoms in total. The van der Waals surface area contributed by atoms with Gasteiger partial charge in [0.05, 0.1) is 23.7 Å². The standard InChI is InChI=1S/C13H20N2OS/c1-3-13(16)12-5-4-11(8-14-12)15-6-7-17-10(2)9-15/h4-5,8,10,13,16H,3,6-7,9H2,1-2H3. The number of aromatic nitrogens is 1. The Bertz CT molecular complexity index is 355. The predicted molar refractivity (Wildman–Crippen MR) is 73.6 cm³/mol. The van der Waals surface area contributed by atoms with Gasteiger partial charge in [0, 0.05) is 24.1 Å². The second-order valence-corrected chi connectivity index (χ2v) is 6.04. The molecule has 2 rings (SSSR count). The smallest absolute Gasteiger partial charge is 0.0957 e. The van der Waals surface area contributed by atoms with Crippen LogP contribution in [0.3, 0.4) is 0 Å². The van der Waals surface area contributed by atoms with Crippen LogP contribution in [-0.2, 0) is 0 Å². The highest BCUT2D eigenvalue weighted by Crippen LogP contribution is 2.24. The highest BCUT2D eigenvalue weighted by atomic mass is 32.2. The van der Waals surface area contributed by atoms with Crippen LogP contribution in [0.2, 0.25) is 0 Å². The summed E-state index contributed by atoms with van der Waals surface area (Å²) in [6, 6.07) is 4.01. The molecule has 0 amide bonds. The average Bonchev–Trinajstić information content (AvgIpc) is 2.38. The van der Waals surface area contributed by atoms with E-state index in [4.69, 9.17) is 0 Å². The summed E-state index contributed by atoms with van der Waals surface area (Å²) in [5.74, 6) is 1.18. The number of rotatable bonds is 3. The first-order chi connectivity index (χ1) is 8.20. The summed E-state index contributed by atoms with van der Waals surface area (Å²) < 4.78 is 0. The van der Waals surface area contributed by atoms with Gasteiger partial charge in [-0.1, -0.05) is 13.8 Å². The molecule has 2 atom stereocenters. The molecular weight excluding hydrogens is 232 g/mol. The fraction of sp³-hybridized carbons (Fsp3) is 0.615. The number of anilines is 1. The molecule has 0 aliphatic carbocycles. The Morgan fingerprint density at radius 3 is 3.00 bits per heavy atom. The van der Waals surface area contributed by atoms with Crippen LogP contribution >= 0.6 is 11.8 Å². The zero-order chi connectivity index (χ0) is 12.3. The SMILES string of the molecule is CCC(O)c1ccc(N2CCSC(C)C2)cn1. The van der Waals surface area contributed by atoms with Gasteiger partial charge < -0.3 is 10.0 Å². The van der Waals surface area contributed by atoms with Crippen LogP contribution in [0.4, 0.5) is 5.69 Å². The third kappa shape index (κ3) is 3.13. The van der Waals surface area contributed by atoms with Crippen molar-refractivity contribution >= 4 is 17.4 Å². The van der Waals surface area contributed by atoms with Crippen molar-refractivity contribution in [3.05, 3.63) is 24.0 Å². The van der Waals surface area contributed by atoms with E-state index in [-0.39, 0.29) is 0 Å². The topological polar surface area (TPSA) is 36.4 Å². The molecule has 0 aromatic carbocycles. The normalized spacial score (nSPS) is 22.5. The largest absolute Gasteiger partial charge is 0.387 e. The van der Waals surface area contributed by atoms with Crippen LogP contribution in [-0.4, -0.2) is 34.2 Å². The van der Waals surface area contributed by atoms with Crippen LogP contribution in [0.1, 0.15) is 32.1 Å². The highest BCUT2D eigenvalue weighted by Gasteiger charge is 2.17. The quantitative estimate of drug-likeness (QED) is 0.896. The molecule has 1 aliphatic heterocycles. The van der Waals surface area contributed by atoms with Gasteiger partial charge in [-0.25, -0.2) is 0 Å². The van der Waals surface area contributed by atoms with E-state index in [1.807, 2.05) is 30.9 Å². The van der Waals surface area contributed by atoms with Gasteiger partial charge in [0.25, 0.3) is 0 Å². The Hall–Kier alpha value is -0.740. The van der Waals surface area contributed by atoms with E-state index in [0.29, 0.717) is 11.7 Å².